The lowest BCUT2D eigenvalue weighted by Crippen LogP contribution is -2.56. The van der Waals surface area contributed by atoms with Crippen molar-refractivity contribution in [2.24, 2.45) is 0 Å². The summed E-state index contributed by atoms with van der Waals surface area (Å²) in [4.78, 5) is 11.7. The highest BCUT2D eigenvalue weighted by molar-refractivity contribution is 4.88. The Kier molecular flexibility index (Phi) is 3.23. The second kappa shape index (κ2) is 4.21. The van der Waals surface area contributed by atoms with Gasteiger partial charge in [0.15, 0.2) is 0 Å². The number of hydrogen-bond acceptors (Lipinski definition) is 1. The third-order valence-corrected chi connectivity index (χ3v) is 2.19. The molecular weight excluding hydrogens is 164 g/mol. The van der Waals surface area contributed by atoms with Gasteiger partial charge in [0.1, 0.15) is 5.69 Å². The van der Waals surface area contributed by atoms with E-state index in [1.807, 2.05) is 30.7 Å². The Balaban J connectivity index is 3.22. The fourth-order valence-electron chi connectivity index (χ4n) is 1.39. The average molecular weight is 181 g/mol. The largest absolute Gasteiger partial charge is 0.498 e. The molecule has 1 heterocycles. The van der Waals surface area contributed by atoms with Gasteiger partial charge in [0.2, 0.25) is 0 Å². The maximum Gasteiger partial charge on any atom is 0.498 e. The topological polar surface area (TPSA) is 25.9 Å². The molecule has 0 N–H and O–H groups in total. The van der Waals surface area contributed by atoms with Crippen molar-refractivity contribution >= 4 is 0 Å². The van der Waals surface area contributed by atoms with Crippen molar-refractivity contribution in [3.63, 3.8) is 0 Å². The zero-order valence-corrected chi connectivity index (χ0v) is 8.58. The molecule has 0 atom stereocenters. The molecule has 3 heteroatoms. The Labute approximate surface area is 78.6 Å². The molecule has 0 spiro atoms. The first-order valence-corrected chi connectivity index (χ1v) is 4.80. The quantitative estimate of drug-likeness (QED) is 0.635. The van der Waals surface area contributed by atoms with Crippen molar-refractivity contribution in [1.82, 2.24) is 4.57 Å². The van der Waals surface area contributed by atoms with E-state index in [2.05, 4.69) is 6.92 Å². The highest BCUT2D eigenvalue weighted by Crippen LogP contribution is 1.86. The zero-order chi connectivity index (χ0) is 9.84. The van der Waals surface area contributed by atoms with Crippen molar-refractivity contribution in [3.05, 3.63) is 28.4 Å². The van der Waals surface area contributed by atoms with Crippen LogP contribution in [0.1, 0.15) is 26.0 Å². The predicted octanol–water partition coefficient (Wildman–Crippen LogP) is 0.874. The van der Waals surface area contributed by atoms with Crippen LogP contribution in [-0.2, 0) is 13.1 Å². The van der Waals surface area contributed by atoms with E-state index in [4.69, 9.17) is 0 Å². The Morgan fingerprint density at radius 1 is 1.46 bits per heavy atom. The van der Waals surface area contributed by atoms with E-state index in [0.717, 1.165) is 25.2 Å². The van der Waals surface area contributed by atoms with Crippen LogP contribution >= 0.6 is 0 Å². The van der Waals surface area contributed by atoms with Crippen molar-refractivity contribution < 1.29 is 4.57 Å². The van der Waals surface area contributed by atoms with Crippen molar-refractivity contribution in [2.75, 3.05) is 0 Å². The normalized spacial score (nSPS) is 10.4. The molecule has 0 aliphatic heterocycles. The number of rotatable bonds is 3. The van der Waals surface area contributed by atoms with E-state index in [0.29, 0.717) is 0 Å². The summed E-state index contributed by atoms with van der Waals surface area (Å²) in [6.45, 7) is 7.58. The molecule has 1 rings (SSSR count). The summed E-state index contributed by atoms with van der Waals surface area (Å²) < 4.78 is 3.55. The van der Waals surface area contributed by atoms with Crippen LogP contribution in [0, 0.1) is 6.92 Å². The number of nitrogens with zero attached hydrogens (tertiary/aromatic N) is 2. The van der Waals surface area contributed by atoms with Gasteiger partial charge in [-0.05, 0) is 20.3 Å². The van der Waals surface area contributed by atoms with Gasteiger partial charge in [0, 0.05) is 6.07 Å². The molecule has 1 aromatic heterocycles. The summed E-state index contributed by atoms with van der Waals surface area (Å²) in [5, 5.41) is 0. The number of hydrogen-bond donors (Lipinski definition) is 0. The molecule has 72 valence electrons. The van der Waals surface area contributed by atoms with E-state index in [1.54, 1.807) is 4.57 Å². The summed E-state index contributed by atoms with van der Waals surface area (Å²) >= 11 is 0. The molecule has 0 bridgehead atoms. The molecule has 0 saturated carbocycles. The van der Waals surface area contributed by atoms with Crippen LogP contribution in [0.4, 0.5) is 0 Å². The van der Waals surface area contributed by atoms with E-state index in [9.17, 15) is 4.79 Å². The molecule has 0 saturated heterocycles. The SMILES string of the molecule is CCC[n+]1c(C)ccn(CC)c1=O. The lowest BCUT2D eigenvalue weighted by molar-refractivity contribution is -0.721. The van der Waals surface area contributed by atoms with Crippen molar-refractivity contribution in [3.8, 4) is 0 Å². The van der Waals surface area contributed by atoms with Gasteiger partial charge in [-0.25, -0.2) is 0 Å². The maximum absolute atomic E-state index is 11.7. The summed E-state index contributed by atoms with van der Waals surface area (Å²) in [6.07, 6.45) is 2.85. The first-order valence-electron chi connectivity index (χ1n) is 4.80. The van der Waals surface area contributed by atoms with Gasteiger partial charge in [0.25, 0.3) is 0 Å². The molecule has 3 nitrogen and oxygen atoms in total. The van der Waals surface area contributed by atoms with E-state index >= 15 is 0 Å². The smallest absolute Gasteiger partial charge is 0.198 e. The number of aromatic nitrogens is 2. The van der Waals surface area contributed by atoms with Gasteiger partial charge in [-0.15, -0.1) is 0 Å². The molecular formula is C10H17N2O+. The summed E-state index contributed by atoms with van der Waals surface area (Å²) in [5.74, 6) is 0. The maximum atomic E-state index is 11.7. The van der Waals surface area contributed by atoms with Gasteiger partial charge in [0.05, 0.1) is 19.3 Å². The molecule has 0 amide bonds. The molecule has 13 heavy (non-hydrogen) atoms. The Morgan fingerprint density at radius 2 is 2.15 bits per heavy atom. The van der Waals surface area contributed by atoms with Crippen LogP contribution in [0.2, 0.25) is 0 Å². The third kappa shape index (κ3) is 1.97. The zero-order valence-electron chi connectivity index (χ0n) is 8.58. The third-order valence-electron chi connectivity index (χ3n) is 2.19. The molecule has 0 fully saturated rings. The van der Waals surface area contributed by atoms with Gasteiger partial charge in [-0.1, -0.05) is 6.92 Å². The van der Waals surface area contributed by atoms with E-state index < -0.39 is 0 Å². The lowest BCUT2D eigenvalue weighted by atomic mass is 10.4. The average Bonchev–Trinajstić information content (AvgIpc) is 2.12. The second-order valence-electron chi connectivity index (χ2n) is 3.18. The monoisotopic (exact) mass is 181 g/mol. The first kappa shape index (κ1) is 9.96. The summed E-state index contributed by atoms with van der Waals surface area (Å²) in [7, 11) is 0. The summed E-state index contributed by atoms with van der Waals surface area (Å²) in [5.41, 5.74) is 1.14. The minimum absolute atomic E-state index is 0.101. The number of aryl methyl sites for hydroxylation is 2. The predicted molar refractivity (Wildman–Crippen MR) is 51.6 cm³/mol. The fraction of sp³-hybridized carbons (Fsp3) is 0.600. The van der Waals surface area contributed by atoms with E-state index in [-0.39, 0.29) is 5.69 Å². The van der Waals surface area contributed by atoms with Crippen LogP contribution < -0.4 is 10.3 Å². The molecule has 0 aliphatic carbocycles. The molecule has 1 aromatic rings. The van der Waals surface area contributed by atoms with Crippen molar-refractivity contribution in [1.29, 1.82) is 0 Å². The highest BCUT2D eigenvalue weighted by Gasteiger charge is 2.10. The fourth-order valence-corrected chi connectivity index (χ4v) is 1.39. The Morgan fingerprint density at radius 3 is 2.69 bits per heavy atom. The minimum Gasteiger partial charge on any atom is -0.198 e. The standard InChI is InChI=1S/C10H17N2O/c1-4-7-12-9(3)6-8-11(5-2)10(12)13/h6,8H,4-5,7H2,1-3H3/q+1. The molecule has 0 aromatic carbocycles. The second-order valence-corrected chi connectivity index (χ2v) is 3.18. The van der Waals surface area contributed by atoms with Crippen LogP contribution in [0.25, 0.3) is 0 Å². The Hall–Kier alpha value is -1.12. The van der Waals surface area contributed by atoms with Crippen LogP contribution in [0.5, 0.6) is 0 Å². The Bertz CT molecular complexity index is 341. The van der Waals surface area contributed by atoms with Gasteiger partial charge < -0.3 is 0 Å². The molecule has 0 aliphatic rings. The minimum atomic E-state index is 0.101. The van der Waals surface area contributed by atoms with E-state index in [1.165, 1.54) is 0 Å². The molecule has 0 unspecified atom stereocenters. The van der Waals surface area contributed by atoms with Crippen molar-refractivity contribution in [2.45, 2.75) is 40.3 Å². The lowest BCUT2D eigenvalue weighted by Gasteiger charge is -2.02. The van der Waals surface area contributed by atoms with Crippen LogP contribution in [-0.4, -0.2) is 4.57 Å². The van der Waals surface area contributed by atoms with Gasteiger partial charge in [-0.2, -0.15) is 13.9 Å². The van der Waals surface area contributed by atoms with Crippen LogP contribution in [0.3, 0.4) is 0 Å². The summed E-state index contributed by atoms with van der Waals surface area (Å²) in [6, 6.07) is 1.99. The van der Waals surface area contributed by atoms with Gasteiger partial charge >= 0.3 is 5.69 Å². The van der Waals surface area contributed by atoms with Crippen LogP contribution in [0.15, 0.2) is 17.1 Å². The first-order chi connectivity index (χ1) is 6.20. The molecule has 0 radical (unpaired) electrons. The van der Waals surface area contributed by atoms with Gasteiger partial charge in [-0.3, -0.25) is 0 Å². The highest BCUT2D eigenvalue weighted by atomic mass is 16.1.